The molecule has 1 aromatic carbocycles. The van der Waals surface area contributed by atoms with E-state index >= 15 is 0 Å². The van der Waals surface area contributed by atoms with Gasteiger partial charge in [-0.05, 0) is 36.6 Å². The van der Waals surface area contributed by atoms with Gasteiger partial charge in [-0.15, -0.1) is 0 Å². The second-order valence-corrected chi connectivity index (χ2v) is 3.59. The largest absolute Gasteiger partial charge is 0.383 e. The summed E-state index contributed by atoms with van der Waals surface area (Å²) in [5.41, 5.74) is 4.67. The van der Waals surface area contributed by atoms with E-state index < -0.39 is 0 Å². The molecule has 3 N–H and O–H groups in total. The van der Waals surface area contributed by atoms with Gasteiger partial charge in [0.15, 0.2) is 0 Å². The highest BCUT2D eigenvalue weighted by Crippen LogP contribution is 2.12. The van der Waals surface area contributed by atoms with Gasteiger partial charge in [0.05, 0.1) is 6.61 Å². The molecule has 0 aromatic heterocycles. The third-order valence-corrected chi connectivity index (χ3v) is 2.38. The molecule has 0 aliphatic heterocycles. The number of hydrogen-bond donors (Lipinski definition) is 2. The summed E-state index contributed by atoms with van der Waals surface area (Å²) in [4.78, 5) is 0. The Balaban J connectivity index is 2.73. The van der Waals surface area contributed by atoms with Gasteiger partial charge in [-0.3, -0.25) is 11.3 Å². The quantitative estimate of drug-likeness (QED) is 0.568. The molecule has 3 nitrogen and oxygen atoms in total. The van der Waals surface area contributed by atoms with Crippen molar-refractivity contribution in [3.05, 3.63) is 35.1 Å². The smallest absolute Gasteiger partial charge is 0.123 e. The molecule has 0 spiro atoms. The molecule has 0 aliphatic carbocycles. The van der Waals surface area contributed by atoms with Crippen LogP contribution < -0.4 is 11.3 Å². The molecule has 0 saturated heterocycles. The lowest BCUT2D eigenvalue weighted by molar-refractivity contribution is 0.166. The average molecular weight is 212 g/mol. The summed E-state index contributed by atoms with van der Waals surface area (Å²) in [6, 6.07) is 4.77. The summed E-state index contributed by atoms with van der Waals surface area (Å²) < 4.78 is 18.0. The molecule has 15 heavy (non-hydrogen) atoms. The van der Waals surface area contributed by atoms with Gasteiger partial charge in [-0.25, -0.2) is 4.39 Å². The van der Waals surface area contributed by atoms with Gasteiger partial charge in [-0.2, -0.15) is 0 Å². The van der Waals surface area contributed by atoms with Crippen LogP contribution >= 0.6 is 0 Å². The number of benzene rings is 1. The number of rotatable bonds is 5. The molecular weight excluding hydrogens is 195 g/mol. The van der Waals surface area contributed by atoms with Crippen LogP contribution in [0.3, 0.4) is 0 Å². The van der Waals surface area contributed by atoms with Gasteiger partial charge in [0.25, 0.3) is 0 Å². The Morgan fingerprint density at radius 1 is 1.53 bits per heavy atom. The van der Waals surface area contributed by atoms with E-state index in [2.05, 4.69) is 5.43 Å². The monoisotopic (exact) mass is 212 g/mol. The van der Waals surface area contributed by atoms with E-state index in [4.69, 9.17) is 10.6 Å². The van der Waals surface area contributed by atoms with Gasteiger partial charge in [0.1, 0.15) is 5.82 Å². The molecule has 0 aliphatic rings. The van der Waals surface area contributed by atoms with E-state index in [9.17, 15) is 4.39 Å². The first-order chi connectivity index (χ1) is 7.17. The maximum Gasteiger partial charge on any atom is 0.123 e. The van der Waals surface area contributed by atoms with E-state index in [1.54, 1.807) is 13.2 Å². The van der Waals surface area contributed by atoms with Crippen molar-refractivity contribution >= 4 is 0 Å². The van der Waals surface area contributed by atoms with Crippen LogP contribution in [0.4, 0.5) is 4.39 Å². The summed E-state index contributed by atoms with van der Waals surface area (Å²) in [6.45, 7) is 2.46. The molecule has 1 atom stereocenters. The van der Waals surface area contributed by atoms with Gasteiger partial charge in [-0.1, -0.05) is 6.07 Å². The van der Waals surface area contributed by atoms with Crippen molar-refractivity contribution in [1.82, 2.24) is 5.43 Å². The first-order valence-corrected chi connectivity index (χ1v) is 4.87. The van der Waals surface area contributed by atoms with Crippen LogP contribution in [0, 0.1) is 12.7 Å². The standard InChI is InChI=1S/C11H17FN2O/c1-8-3-4-10(12)5-9(8)6-11(14-13)7-15-2/h3-5,11,14H,6-7,13H2,1-2H3. The van der Waals surface area contributed by atoms with Crippen molar-refractivity contribution in [1.29, 1.82) is 0 Å². The molecule has 84 valence electrons. The topological polar surface area (TPSA) is 47.3 Å². The van der Waals surface area contributed by atoms with E-state index in [-0.39, 0.29) is 11.9 Å². The van der Waals surface area contributed by atoms with Crippen LogP contribution in [-0.2, 0) is 11.2 Å². The highest BCUT2D eigenvalue weighted by atomic mass is 19.1. The first-order valence-electron chi connectivity index (χ1n) is 4.87. The maximum atomic E-state index is 13.0. The number of hydrazine groups is 1. The van der Waals surface area contributed by atoms with Crippen molar-refractivity contribution in [2.24, 2.45) is 5.84 Å². The molecule has 0 bridgehead atoms. The highest BCUT2D eigenvalue weighted by Gasteiger charge is 2.09. The van der Waals surface area contributed by atoms with E-state index in [0.29, 0.717) is 13.0 Å². The Hall–Kier alpha value is -0.970. The minimum absolute atomic E-state index is 0.00972. The van der Waals surface area contributed by atoms with Crippen LogP contribution in [0.25, 0.3) is 0 Å². The average Bonchev–Trinajstić information content (AvgIpc) is 2.22. The van der Waals surface area contributed by atoms with Crippen LogP contribution in [0.1, 0.15) is 11.1 Å². The Kier molecular flexibility index (Phi) is 4.68. The number of nitrogens with two attached hydrogens (primary N) is 1. The van der Waals surface area contributed by atoms with Crippen molar-refractivity contribution < 1.29 is 9.13 Å². The number of nitrogens with one attached hydrogen (secondary N) is 1. The van der Waals surface area contributed by atoms with E-state index in [0.717, 1.165) is 11.1 Å². The van der Waals surface area contributed by atoms with Gasteiger partial charge < -0.3 is 4.74 Å². The second-order valence-electron chi connectivity index (χ2n) is 3.59. The number of hydrogen-bond acceptors (Lipinski definition) is 3. The summed E-state index contributed by atoms with van der Waals surface area (Å²) in [5.74, 6) is 5.15. The summed E-state index contributed by atoms with van der Waals surface area (Å²) in [6.07, 6.45) is 0.661. The Bertz CT molecular complexity index is 317. The molecule has 4 heteroatoms. The van der Waals surface area contributed by atoms with Crippen molar-refractivity contribution in [2.75, 3.05) is 13.7 Å². The van der Waals surface area contributed by atoms with Crippen molar-refractivity contribution in [3.8, 4) is 0 Å². The number of methoxy groups -OCH3 is 1. The molecule has 0 fully saturated rings. The molecule has 1 rings (SSSR count). The Labute approximate surface area is 89.4 Å². The van der Waals surface area contributed by atoms with E-state index in [1.807, 2.05) is 6.92 Å². The Morgan fingerprint density at radius 3 is 2.87 bits per heavy atom. The van der Waals surface area contributed by atoms with Crippen LogP contribution in [0.5, 0.6) is 0 Å². The highest BCUT2D eigenvalue weighted by molar-refractivity contribution is 5.27. The number of halogens is 1. The summed E-state index contributed by atoms with van der Waals surface area (Å²) >= 11 is 0. The van der Waals surface area contributed by atoms with Gasteiger partial charge in [0.2, 0.25) is 0 Å². The predicted octanol–water partition coefficient (Wildman–Crippen LogP) is 1.15. The van der Waals surface area contributed by atoms with Crippen molar-refractivity contribution in [2.45, 2.75) is 19.4 Å². The molecular formula is C11H17FN2O. The zero-order chi connectivity index (χ0) is 11.3. The number of aryl methyl sites for hydroxylation is 1. The fourth-order valence-corrected chi connectivity index (χ4v) is 1.49. The lowest BCUT2D eigenvalue weighted by Crippen LogP contribution is -2.40. The SMILES string of the molecule is COCC(Cc1cc(F)ccc1C)NN. The number of ether oxygens (including phenoxy) is 1. The molecule has 0 saturated carbocycles. The first kappa shape index (κ1) is 12.1. The fraction of sp³-hybridized carbons (Fsp3) is 0.455. The van der Waals surface area contributed by atoms with Crippen molar-refractivity contribution in [3.63, 3.8) is 0 Å². The molecule has 1 unspecified atom stereocenters. The molecule has 0 radical (unpaired) electrons. The lowest BCUT2D eigenvalue weighted by atomic mass is 10.0. The second kappa shape index (κ2) is 5.80. The zero-order valence-corrected chi connectivity index (χ0v) is 9.09. The minimum atomic E-state index is -0.219. The fourth-order valence-electron chi connectivity index (χ4n) is 1.49. The van der Waals surface area contributed by atoms with Gasteiger partial charge >= 0.3 is 0 Å². The van der Waals surface area contributed by atoms with Crippen LogP contribution in [-0.4, -0.2) is 19.8 Å². The summed E-state index contributed by atoms with van der Waals surface area (Å²) in [5, 5.41) is 0. The minimum Gasteiger partial charge on any atom is -0.383 e. The normalized spacial score (nSPS) is 12.8. The lowest BCUT2D eigenvalue weighted by Gasteiger charge is -2.16. The third-order valence-electron chi connectivity index (χ3n) is 2.38. The summed E-state index contributed by atoms with van der Waals surface area (Å²) in [7, 11) is 1.61. The molecule has 0 amide bonds. The third kappa shape index (κ3) is 3.58. The predicted molar refractivity (Wildman–Crippen MR) is 57.8 cm³/mol. The molecule has 1 aromatic rings. The molecule has 0 heterocycles. The van der Waals surface area contributed by atoms with E-state index in [1.165, 1.54) is 12.1 Å². The van der Waals surface area contributed by atoms with Crippen LogP contribution in [0.15, 0.2) is 18.2 Å². The zero-order valence-electron chi connectivity index (χ0n) is 9.09. The van der Waals surface area contributed by atoms with Gasteiger partial charge in [0, 0.05) is 13.2 Å². The Morgan fingerprint density at radius 2 is 2.27 bits per heavy atom. The maximum absolute atomic E-state index is 13.0. The van der Waals surface area contributed by atoms with Crippen LogP contribution in [0.2, 0.25) is 0 Å².